The zero-order valence-electron chi connectivity index (χ0n) is 7.56. The van der Waals surface area contributed by atoms with Gasteiger partial charge in [0.2, 0.25) is 5.91 Å². The van der Waals surface area contributed by atoms with E-state index in [9.17, 15) is 14.4 Å². The minimum Gasteiger partial charge on any atom is -0.480 e. The molecule has 0 aromatic heterocycles. The van der Waals surface area contributed by atoms with Crippen molar-refractivity contribution in [3.05, 3.63) is 0 Å². The number of carboxylic acids is 2. The maximum absolute atomic E-state index is 11.0. The van der Waals surface area contributed by atoms with Crippen LogP contribution < -0.4 is 11.1 Å². The standard InChI is InChI=1S/C7H12N2O5/c1-3(6(11)12)9-5(10)2-4(8)7(13)14/h3-4H,2,8H2,1H3,(H,9,10)(H,11,12)(H,13,14)/t3-,4-/m0/s1. The molecule has 1 amide bonds. The van der Waals surface area contributed by atoms with E-state index in [1.807, 2.05) is 0 Å². The molecule has 0 radical (unpaired) electrons. The maximum Gasteiger partial charge on any atom is 0.325 e. The summed E-state index contributed by atoms with van der Waals surface area (Å²) in [7, 11) is 0. The van der Waals surface area contributed by atoms with Gasteiger partial charge in [-0.1, -0.05) is 0 Å². The Morgan fingerprint density at radius 1 is 1.29 bits per heavy atom. The molecule has 0 aromatic rings. The summed E-state index contributed by atoms with van der Waals surface area (Å²) in [5, 5.41) is 18.8. The van der Waals surface area contributed by atoms with Crippen molar-refractivity contribution in [2.75, 3.05) is 0 Å². The lowest BCUT2D eigenvalue weighted by atomic mass is 10.2. The fraction of sp³-hybridized carbons (Fsp3) is 0.571. The van der Waals surface area contributed by atoms with Crippen LogP contribution in [-0.4, -0.2) is 40.1 Å². The van der Waals surface area contributed by atoms with Crippen LogP contribution in [0.25, 0.3) is 0 Å². The molecule has 0 aliphatic carbocycles. The van der Waals surface area contributed by atoms with E-state index in [1.54, 1.807) is 0 Å². The second kappa shape index (κ2) is 5.18. The van der Waals surface area contributed by atoms with Crippen LogP contribution in [0.15, 0.2) is 0 Å². The highest BCUT2D eigenvalue weighted by molar-refractivity contribution is 5.87. The predicted octanol–water partition coefficient (Wildman–Crippen LogP) is -1.62. The molecule has 0 aromatic carbocycles. The molecule has 0 fully saturated rings. The van der Waals surface area contributed by atoms with E-state index in [-0.39, 0.29) is 0 Å². The Morgan fingerprint density at radius 2 is 1.79 bits per heavy atom. The number of amides is 1. The molecule has 0 heterocycles. The summed E-state index contributed by atoms with van der Waals surface area (Å²) in [4.78, 5) is 31.5. The molecule has 0 bridgehead atoms. The first-order valence-corrected chi connectivity index (χ1v) is 3.85. The van der Waals surface area contributed by atoms with Crippen LogP contribution in [-0.2, 0) is 14.4 Å². The zero-order chi connectivity index (χ0) is 11.3. The Hall–Kier alpha value is -1.63. The Balaban J connectivity index is 3.99. The number of nitrogens with two attached hydrogens (primary N) is 1. The van der Waals surface area contributed by atoms with Gasteiger partial charge in [0.1, 0.15) is 12.1 Å². The fourth-order valence-corrected chi connectivity index (χ4v) is 0.649. The number of nitrogens with one attached hydrogen (secondary N) is 1. The van der Waals surface area contributed by atoms with E-state index in [4.69, 9.17) is 15.9 Å². The molecular weight excluding hydrogens is 192 g/mol. The third-order valence-corrected chi connectivity index (χ3v) is 1.47. The summed E-state index contributed by atoms with van der Waals surface area (Å²) in [5.74, 6) is -3.19. The summed E-state index contributed by atoms with van der Waals surface area (Å²) in [5.41, 5.74) is 5.06. The van der Waals surface area contributed by atoms with Crippen LogP contribution in [0.5, 0.6) is 0 Å². The van der Waals surface area contributed by atoms with Gasteiger partial charge in [-0.2, -0.15) is 0 Å². The molecule has 0 rings (SSSR count). The number of carbonyl (C=O) groups excluding carboxylic acids is 1. The molecule has 5 N–H and O–H groups in total. The normalized spacial score (nSPS) is 14.1. The van der Waals surface area contributed by atoms with Crippen molar-refractivity contribution in [1.29, 1.82) is 0 Å². The van der Waals surface area contributed by atoms with Crippen LogP contribution in [0.1, 0.15) is 13.3 Å². The number of rotatable bonds is 5. The second-order valence-corrected chi connectivity index (χ2v) is 2.78. The average Bonchev–Trinajstić information content (AvgIpc) is 2.03. The van der Waals surface area contributed by atoms with Crippen LogP contribution in [0.2, 0.25) is 0 Å². The van der Waals surface area contributed by atoms with Crippen LogP contribution in [0.4, 0.5) is 0 Å². The topological polar surface area (TPSA) is 130 Å². The first-order valence-electron chi connectivity index (χ1n) is 3.85. The number of hydrogen-bond acceptors (Lipinski definition) is 4. The van der Waals surface area contributed by atoms with Gasteiger partial charge in [0.05, 0.1) is 6.42 Å². The van der Waals surface area contributed by atoms with Gasteiger partial charge in [-0.05, 0) is 6.92 Å². The van der Waals surface area contributed by atoms with Gasteiger partial charge in [-0.25, -0.2) is 0 Å². The van der Waals surface area contributed by atoms with Crippen molar-refractivity contribution >= 4 is 17.8 Å². The molecule has 0 aliphatic rings. The van der Waals surface area contributed by atoms with Crippen molar-refractivity contribution < 1.29 is 24.6 Å². The van der Waals surface area contributed by atoms with E-state index < -0.39 is 36.4 Å². The van der Waals surface area contributed by atoms with E-state index in [0.29, 0.717) is 0 Å². The van der Waals surface area contributed by atoms with E-state index >= 15 is 0 Å². The van der Waals surface area contributed by atoms with Crippen molar-refractivity contribution in [3.8, 4) is 0 Å². The zero-order valence-corrected chi connectivity index (χ0v) is 7.56. The molecule has 7 heteroatoms. The van der Waals surface area contributed by atoms with Crippen molar-refractivity contribution in [3.63, 3.8) is 0 Å². The van der Waals surface area contributed by atoms with Crippen molar-refractivity contribution in [2.45, 2.75) is 25.4 Å². The lowest BCUT2D eigenvalue weighted by molar-refractivity contribution is -0.142. The molecule has 0 unspecified atom stereocenters. The third-order valence-electron chi connectivity index (χ3n) is 1.47. The summed E-state index contributed by atoms with van der Waals surface area (Å²) in [6.07, 6.45) is -0.438. The smallest absolute Gasteiger partial charge is 0.325 e. The summed E-state index contributed by atoms with van der Waals surface area (Å²) in [6.45, 7) is 1.27. The molecule has 14 heavy (non-hydrogen) atoms. The van der Waals surface area contributed by atoms with Crippen LogP contribution in [0.3, 0.4) is 0 Å². The minimum atomic E-state index is -1.31. The van der Waals surface area contributed by atoms with E-state index in [0.717, 1.165) is 0 Å². The van der Waals surface area contributed by atoms with Gasteiger partial charge >= 0.3 is 11.9 Å². The second-order valence-electron chi connectivity index (χ2n) is 2.78. The maximum atomic E-state index is 11.0. The molecule has 80 valence electrons. The van der Waals surface area contributed by atoms with Crippen LogP contribution in [0, 0.1) is 0 Å². The first kappa shape index (κ1) is 12.4. The third kappa shape index (κ3) is 4.41. The summed E-state index contributed by atoms with van der Waals surface area (Å²) in [6, 6.07) is -2.36. The number of aliphatic carboxylic acids is 2. The molecule has 0 aliphatic heterocycles. The summed E-state index contributed by atoms with van der Waals surface area (Å²) < 4.78 is 0. The Kier molecular flexibility index (Phi) is 4.57. The predicted molar refractivity (Wildman–Crippen MR) is 45.5 cm³/mol. The molecule has 7 nitrogen and oxygen atoms in total. The van der Waals surface area contributed by atoms with E-state index in [1.165, 1.54) is 6.92 Å². The SMILES string of the molecule is C[C@H](NC(=O)C[C@H](N)C(=O)O)C(=O)O. The van der Waals surface area contributed by atoms with Crippen LogP contribution >= 0.6 is 0 Å². The molecule has 2 atom stereocenters. The molecular formula is C7H12N2O5. The highest BCUT2D eigenvalue weighted by atomic mass is 16.4. The van der Waals surface area contributed by atoms with E-state index in [2.05, 4.69) is 5.32 Å². The molecule has 0 spiro atoms. The van der Waals surface area contributed by atoms with Gasteiger partial charge in [-0.3, -0.25) is 14.4 Å². The quantitative estimate of drug-likeness (QED) is 0.425. The average molecular weight is 204 g/mol. The monoisotopic (exact) mass is 204 g/mol. The summed E-state index contributed by atoms with van der Waals surface area (Å²) >= 11 is 0. The highest BCUT2D eigenvalue weighted by Crippen LogP contribution is 1.90. The Morgan fingerprint density at radius 3 is 2.14 bits per heavy atom. The number of carbonyl (C=O) groups is 3. The first-order chi connectivity index (χ1) is 6.34. The van der Waals surface area contributed by atoms with Crippen molar-refractivity contribution in [1.82, 2.24) is 5.32 Å². The fourth-order valence-electron chi connectivity index (χ4n) is 0.649. The number of carboxylic acid groups (broad SMARTS) is 2. The Labute approximate surface area is 79.9 Å². The highest BCUT2D eigenvalue weighted by Gasteiger charge is 2.19. The lowest BCUT2D eigenvalue weighted by Crippen LogP contribution is -2.42. The molecule has 0 saturated carbocycles. The Bertz CT molecular complexity index is 228. The lowest BCUT2D eigenvalue weighted by Gasteiger charge is -2.10. The van der Waals surface area contributed by atoms with Gasteiger partial charge in [-0.15, -0.1) is 0 Å². The van der Waals surface area contributed by atoms with Crippen molar-refractivity contribution in [2.24, 2.45) is 5.73 Å². The largest absolute Gasteiger partial charge is 0.480 e. The minimum absolute atomic E-state index is 0.438. The van der Waals surface area contributed by atoms with Gasteiger partial charge in [0.15, 0.2) is 0 Å². The van der Waals surface area contributed by atoms with Gasteiger partial charge < -0.3 is 21.3 Å². The van der Waals surface area contributed by atoms with Gasteiger partial charge in [0.25, 0.3) is 0 Å². The van der Waals surface area contributed by atoms with Gasteiger partial charge in [0, 0.05) is 0 Å². The number of hydrogen-bond donors (Lipinski definition) is 4. The molecule has 0 saturated heterocycles.